The molecule has 1 heterocycles. The van der Waals surface area contributed by atoms with Crippen LogP contribution in [-0.2, 0) is 10.5 Å². The number of carbonyl (C=O) groups is 2. The van der Waals surface area contributed by atoms with Crippen molar-refractivity contribution in [3.05, 3.63) is 40.9 Å². The van der Waals surface area contributed by atoms with Crippen molar-refractivity contribution in [3.8, 4) is 10.6 Å². The lowest BCUT2D eigenvalue weighted by Crippen LogP contribution is -1.96. The van der Waals surface area contributed by atoms with Gasteiger partial charge in [-0.2, -0.15) is 11.8 Å². The van der Waals surface area contributed by atoms with E-state index in [4.69, 9.17) is 10.2 Å². The molecule has 0 aliphatic carbocycles. The Kier molecular flexibility index (Phi) is 5.35. The maximum atomic E-state index is 10.8. The first-order valence-corrected chi connectivity index (χ1v) is 8.17. The van der Waals surface area contributed by atoms with Crippen molar-refractivity contribution < 1.29 is 19.8 Å². The van der Waals surface area contributed by atoms with Crippen LogP contribution < -0.4 is 0 Å². The Hall–Kier alpha value is -1.86. The average Bonchev–Trinajstić information content (AvgIpc) is 2.94. The second kappa shape index (κ2) is 7.24. The highest BCUT2D eigenvalue weighted by Crippen LogP contribution is 2.25. The molecule has 7 heteroatoms. The van der Waals surface area contributed by atoms with Crippen LogP contribution >= 0.6 is 23.1 Å². The molecule has 110 valence electrons. The van der Waals surface area contributed by atoms with E-state index in [1.807, 2.05) is 24.3 Å². The van der Waals surface area contributed by atoms with Gasteiger partial charge in [-0.1, -0.05) is 24.3 Å². The predicted molar refractivity (Wildman–Crippen MR) is 82.9 cm³/mol. The Morgan fingerprint density at radius 2 is 1.90 bits per heavy atom. The van der Waals surface area contributed by atoms with Crippen molar-refractivity contribution in [1.82, 2.24) is 4.98 Å². The summed E-state index contributed by atoms with van der Waals surface area (Å²) in [4.78, 5) is 25.2. The highest BCUT2D eigenvalue weighted by molar-refractivity contribution is 7.98. The monoisotopic (exact) mass is 323 g/mol. The minimum absolute atomic E-state index is 0.0586. The van der Waals surface area contributed by atoms with Crippen LogP contribution in [0.3, 0.4) is 0 Å². The predicted octanol–water partition coefficient (Wildman–Crippen LogP) is 3.22. The highest BCUT2D eigenvalue weighted by atomic mass is 32.2. The van der Waals surface area contributed by atoms with Crippen molar-refractivity contribution in [2.75, 3.05) is 5.75 Å². The molecule has 0 aliphatic heterocycles. The molecule has 0 aliphatic rings. The Labute approximate surface area is 129 Å². The zero-order valence-corrected chi connectivity index (χ0v) is 12.6. The van der Waals surface area contributed by atoms with E-state index in [1.54, 1.807) is 11.8 Å². The van der Waals surface area contributed by atoms with Gasteiger partial charge in [-0.3, -0.25) is 4.79 Å². The van der Waals surface area contributed by atoms with Gasteiger partial charge in [0.15, 0.2) is 5.69 Å². The molecule has 21 heavy (non-hydrogen) atoms. The van der Waals surface area contributed by atoms with Crippen LogP contribution in [0, 0.1) is 0 Å². The Morgan fingerprint density at radius 1 is 1.19 bits per heavy atom. The number of aromatic nitrogens is 1. The Morgan fingerprint density at radius 3 is 2.48 bits per heavy atom. The standard InChI is InChI=1S/C14H13NO4S2/c16-12(17)5-6-20-7-9-1-3-10(4-2-9)13-15-11(8-21-13)14(18)19/h1-4,8H,5-7H2,(H,16,17)(H,18,19). The van der Waals surface area contributed by atoms with E-state index >= 15 is 0 Å². The SMILES string of the molecule is O=C(O)CCSCc1ccc(-c2nc(C(=O)O)cs2)cc1. The van der Waals surface area contributed by atoms with Crippen molar-refractivity contribution in [1.29, 1.82) is 0 Å². The van der Waals surface area contributed by atoms with Gasteiger partial charge in [0.2, 0.25) is 0 Å². The minimum atomic E-state index is -1.02. The topological polar surface area (TPSA) is 87.5 Å². The van der Waals surface area contributed by atoms with Crippen molar-refractivity contribution in [2.45, 2.75) is 12.2 Å². The molecule has 0 unspecified atom stereocenters. The summed E-state index contributed by atoms with van der Waals surface area (Å²) >= 11 is 2.87. The maximum Gasteiger partial charge on any atom is 0.355 e. The number of rotatable bonds is 7. The fraction of sp³-hybridized carbons (Fsp3) is 0.214. The van der Waals surface area contributed by atoms with Crippen LogP contribution in [0.25, 0.3) is 10.6 Å². The van der Waals surface area contributed by atoms with Crippen LogP contribution in [0.1, 0.15) is 22.5 Å². The van der Waals surface area contributed by atoms with E-state index in [0.717, 1.165) is 16.9 Å². The lowest BCUT2D eigenvalue weighted by molar-refractivity contribution is -0.136. The number of carboxylic acids is 2. The van der Waals surface area contributed by atoms with Gasteiger partial charge in [-0.25, -0.2) is 9.78 Å². The summed E-state index contributed by atoms with van der Waals surface area (Å²) in [5.74, 6) is -0.461. The number of hydrogen-bond donors (Lipinski definition) is 2. The number of nitrogens with zero attached hydrogens (tertiary/aromatic N) is 1. The molecule has 2 N–H and O–H groups in total. The van der Waals surface area contributed by atoms with Crippen molar-refractivity contribution >= 4 is 35.0 Å². The largest absolute Gasteiger partial charge is 0.481 e. The number of carboxylic acid groups (broad SMARTS) is 2. The summed E-state index contributed by atoms with van der Waals surface area (Å²) in [5.41, 5.74) is 2.04. The second-order valence-electron chi connectivity index (χ2n) is 4.24. The zero-order valence-electron chi connectivity index (χ0n) is 11.0. The molecule has 0 spiro atoms. The molecular formula is C14H13NO4S2. The molecule has 1 aromatic carbocycles. The van der Waals surface area contributed by atoms with Gasteiger partial charge in [-0.05, 0) is 5.56 Å². The van der Waals surface area contributed by atoms with Gasteiger partial charge in [0.25, 0.3) is 0 Å². The fourth-order valence-corrected chi connectivity index (χ4v) is 3.29. The molecule has 0 saturated carbocycles. The third-order valence-electron chi connectivity index (χ3n) is 2.65. The molecule has 0 atom stereocenters. The van der Waals surface area contributed by atoms with Gasteiger partial charge in [0.05, 0.1) is 6.42 Å². The van der Waals surface area contributed by atoms with Crippen LogP contribution in [0.2, 0.25) is 0 Å². The van der Waals surface area contributed by atoms with Crippen LogP contribution in [0.5, 0.6) is 0 Å². The molecule has 5 nitrogen and oxygen atoms in total. The molecule has 2 aromatic rings. The highest BCUT2D eigenvalue weighted by Gasteiger charge is 2.09. The van der Waals surface area contributed by atoms with Gasteiger partial charge in [0.1, 0.15) is 5.01 Å². The van der Waals surface area contributed by atoms with Gasteiger partial charge in [-0.15, -0.1) is 11.3 Å². The van der Waals surface area contributed by atoms with Gasteiger partial charge < -0.3 is 10.2 Å². The van der Waals surface area contributed by atoms with Crippen molar-refractivity contribution in [3.63, 3.8) is 0 Å². The molecule has 1 aromatic heterocycles. The smallest absolute Gasteiger partial charge is 0.355 e. The Bertz CT molecular complexity index is 637. The normalized spacial score (nSPS) is 10.5. The second-order valence-corrected chi connectivity index (χ2v) is 6.20. The summed E-state index contributed by atoms with van der Waals surface area (Å²) in [6.45, 7) is 0. The van der Waals surface area contributed by atoms with Crippen LogP contribution in [-0.4, -0.2) is 32.9 Å². The first kappa shape index (κ1) is 15.5. The summed E-state index contributed by atoms with van der Waals surface area (Å²) < 4.78 is 0. The summed E-state index contributed by atoms with van der Waals surface area (Å²) in [6.07, 6.45) is 0.166. The number of thioether (sulfide) groups is 1. The zero-order chi connectivity index (χ0) is 15.2. The molecule has 0 bridgehead atoms. The quantitative estimate of drug-likeness (QED) is 0.761. The molecular weight excluding hydrogens is 310 g/mol. The van der Waals surface area contributed by atoms with Gasteiger partial charge in [0, 0.05) is 22.4 Å². The number of aromatic carboxylic acids is 1. The molecule has 0 saturated heterocycles. The first-order valence-electron chi connectivity index (χ1n) is 6.14. The van der Waals surface area contributed by atoms with E-state index in [0.29, 0.717) is 10.8 Å². The van der Waals surface area contributed by atoms with Crippen LogP contribution in [0.15, 0.2) is 29.6 Å². The van der Waals surface area contributed by atoms with Gasteiger partial charge >= 0.3 is 11.9 Å². The maximum absolute atomic E-state index is 10.8. The first-order chi connectivity index (χ1) is 10.1. The average molecular weight is 323 g/mol. The summed E-state index contributed by atoms with van der Waals surface area (Å²) in [6, 6.07) is 7.70. The third-order valence-corrected chi connectivity index (χ3v) is 4.57. The number of thiazole rings is 1. The number of benzene rings is 1. The van der Waals surface area contributed by atoms with E-state index < -0.39 is 11.9 Å². The Balaban J connectivity index is 1.94. The number of hydrogen-bond acceptors (Lipinski definition) is 5. The molecule has 0 fully saturated rings. The summed E-state index contributed by atoms with van der Waals surface area (Å²) in [5, 5.41) is 19.6. The lowest BCUT2D eigenvalue weighted by atomic mass is 10.2. The lowest BCUT2D eigenvalue weighted by Gasteiger charge is -2.02. The van der Waals surface area contributed by atoms with E-state index in [-0.39, 0.29) is 12.1 Å². The fourth-order valence-electron chi connectivity index (χ4n) is 1.60. The minimum Gasteiger partial charge on any atom is -0.481 e. The molecule has 2 rings (SSSR count). The number of aliphatic carboxylic acids is 1. The van der Waals surface area contributed by atoms with E-state index in [9.17, 15) is 9.59 Å². The van der Waals surface area contributed by atoms with E-state index in [1.165, 1.54) is 16.7 Å². The third kappa shape index (κ3) is 4.57. The van der Waals surface area contributed by atoms with Crippen molar-refractivity contribution in [2.24, 2.45) is 0 Å². The molecule has 0 amide bonds. The summed E-state index contributed by atoms with van der Waals surface area (Å²) in [7, 11) is 0. The molecule has 0 radical (unpaired) electrons. The van der Waals surface area contributed by atoms with Crippen LogP contribution in [0.4, 0.5) is 0 Å². The van der Waals surface area contributed by atoms with E-state index in [2.05, 4.69) is 4.98 Å².